The first-order chi connectivity index (χ1) is 12.7. The van der Waals surface area contributed by atoms with Gasteiger partial charge in [0.05, 0.1) is 17.6 Å². The van der Waals surface area contributed by atoms with Gasteiger partial charge in [0.25, 0.3) is 0 Å². The summed E-state index contributed by atoms with van der Waals surface area (Å²) in [4.78, 5) is 7.31. The highest BCUT2D eigenvalue weighted by Crippen LogP contribution is 2.34. The van der Waals surface area contributed by atoms with Gasteiger partial charge in [-0.15, -0.1) is 10.2 Å². The molecule has 0 bridgehead atoms. The Balaban J connectivity index is 1.52. The molecule has 1 saturated carbocycles. The minimum absolute atomic E-state index is 0.319. The number of para-hydroxylation sites is 2. The molecule has 7 heteroatoms. The lowest BCUT2D eigenvalue weighted by Crippen LogP contribution is -2.36. The molecular weight excluding hydrogens is 326 g/mol. The summed E-state index contributed by atoms with van der Waals surface area (Å²) in [6.07, 6.45) is 4.50. The fourth-order valence-corrected chi connectivity index (χ4v) is 4.26. The smallest absolute Gasteiger partial charge is 0.206 e. The van der Waals surface area contributed by atoms with Crippen LogP contribution in [-0.4, -0.2) is 43.4 Å². The average Bonchev–Trinajstić information content (AvgIpc) is 3.33. The van der Waals surface area contributed by atoms with E-state index < -0.39 is 0 Å². The fourth-order valence-electron chi connectivity index (χ4n) is 4.26. The van der Waals surface area contributed by atoms with Crippen LogP contribution in [0.1, 0.15) is 43.3 Å². The van der Waals surface area contributed by atoms with Crippen LogP contribution in [0.2, 0.25) is 0 Å². The second-order valence-electron chi connectivity index (χ2n) is 7.64. The van der Waals surface area contributed by atoms with E-state index in [4.69, 9.17) is 10.7 Å². The maximum Gasteiger partial charge on any atom is 0.206 e. The first-order valence-corrected chi connectivity index (χ1v) is 9.54. The molecule has 2 N–H and O–H groups in total. The predicted octanol–water partition coefficient (Wildman–Crippen LogP) is 2.02. The van der Waals surface area contributed by atoms with Crippen LogP contribution in [0.4, 0.5) is 5.95 Å². The first kappa shape index (κ1) is 15.8. The number of anilines is 1. The van der Waals surface area contributed by atoms with Gasteiger partial charge in [0, 0.05) is 32.1 Å². The molecule has 1 aliphatic carbocycles. The lowest BCUT2D eigenvalue weighted by atomic mass is 9.80. The van der Waals surface area contributed by atoms with Crippen molar-refractivity contribution in [3.8, 4) is 0 Å². The summed E-state index contributed by atoms with van der Waals surface area (Å²) in [5, 5.41) is 8.97. The molecule has 0 unspecified atom stereocenters. The summed E-state index contributed by atoms with van der Waals surface area (Å²) in [5.41, 5.74) is 8.15. The number of hydrogen-bond acceptors (Lipinski definition) is 5. The lowest BCUT2D eigenvalue weighted by molar-refractivity contribution is 0.331. The zero-order chi connectivity index (χ0) is 17.7. The Morgan fingerprint density at radius 1 is 1.12 bits per heavy atom. The molecule has 3 heterocycles. The van der Waals surface area contributed by atoms with Crippen LogP contribution in [0.3, 0.4) is 0 Å². The molecule has 1 saturated heterocycles. The number of hydrogen-bond donors (Lipinski definition) is 1. The summed E-state index contributed by atoms with van der Waals surface area (Å²) >= 11 is 0. The van der Waals surface area contributed by atoms with Gasteiger partial charge in [0.1, 0.15) is 5.82 Å². The highest BCUT2D eigenvalue weighted by atomic mass is 15.3. The highest BCUT2D eigenvalue weighted by molar-refractivity contribution is 5.79. The highest BCUT2D eigenvalue weighted by Gasteiger charge is 2.31. The Labute approximate surface area is 152 Å². The maximum atomic E-state index is 5.95. The van der Waals surface area contributed by atoms with Crippen molar-refractivity contribution < 1.29 is 0 Å². The van der Waals surface area contributed by atoms with Crippen molar-refractivity contribution >= 4 is 17.0 Å². The Bertz CT molecular complexity index is 929. The van der Waals surface area contributed by atoms with Crippen molar-refractivity contribution in [1.82, 2.24) is 24.3 Å². The van der Waals surface area contributed by atoms with Crippen molar-refractivity contribution in [3.63, 3.8) is 0 Å². The number of nitrogens with two attached hydrogens (primary N) is 1. The minimum atomic E-state index is 0.319. The minimum Gasteiger partial charge on any atom is -0.342 e. The van der Waals surface area contributed by atoms with E-state index in [1.807, 2.05) is 6.07 Å². The second-order valence-corrected chi connectivity index (χ2v) is 7.64. The van der Waals surface area contributed by atoms with Crippen LogP contribution < -0.4 is 10.6 Å². The van der Waals surface area contributed by atoms with Gasteiger partial charge in [-0.2, -0.15) is 0 Å². The van der Waals surface area contributed by atoms with Crippen molar-refractivity contribution in [3.05, 3.63) is 35.9 Å². The molecule has 7 nitrogen and oxygen atoms in total. The summed E-state index contributed by atoms with van der Waals surface area (Å²) in [6.45, 7) is 2.84. The molecule has 0 spiro atoms. The molecule has 2 fully saturated rings. The molecule has 2 aliphatic rings. The summed E-state index contributed by atoms with van der Waals surface area (Å²) in [5.74, 6) is 3.55. The number of aromatic nitrogens is 5. The Hall–Kier alpha value is -2.41. The van der Waals surface area contributed by atoms with Gasteiger partial charge in [-0.1, -0.05) is 12.1 Å². The summed E-state index contributed by atoms with van der Waals surface area (Å²) in [7, 11) is 2.07. The zero-order valence-electron chi connectivity index (χ0n) is 15.2. The van der Waals surface area contributed by atoms with E-state index in [0.29, 0.717) is 18.5 Å². The third-order valence-corrected chi connectivity index (χ3v) is 5.86. The van der Waals surface area contributed by atoms with Gasteiger partial charge in [0.2, 0.25) is 5.95 Å². The molecule has 0 radical (unpaired) electrons. The fraction of sp³-hybridized carbons (Fsp3) is 0.526. The summed E-state index contributed by atoms with van der Waals surface area (Å²) < 4.78 is 4.44. The molecular formula is C19H25N7. The van der Waals surface area contributed by atoms with E-state index >= 15 is 0 Å². The second kappa shape index (κ2) is 6.09. The van der Waals surface area contributed by atoms with Crippen LogP contribution in [0.15, 0.2) is 24.3 Å². The molecule has 1 aromatic carbocycles. The quantitative estimate of drug-likeness (QED) is 0.778. The molecule has 0 amide bonds. The van der Waals surface area contributed by atoms with Crippen LogP contribution >= 0.6 is 0 Å². The molecule has 26 heavy (non-hydrogen) atoms. The van der Waals surface area contributed by atoms with Crippen molar-refractivity contribution in [2.45, 2.75) is 44.2 Å². The largest absolute Gasteiger partial charge is 0.342 e. The number of benzene rings is 1. The molecule has 3 aromatic rings. The molecule has 5 rings (SSSR count). The first-order valence-electron chi connectivity index (χ1n) is 9.54. The van der Waals surface area contributed by atoms with E-state index in [1.54, 1.807) is 0 Å². The number of nitrogens with zero attached hydrogens (tertiary/aromatic N) is 6. The van der Waals surface area contributed by atoms with E-state index in [1.165, 1.54) is 12.8 Å². The SMILES string of the molecule is Cn1c(Cn2c(N3CCCC3)nc3ccccc32)nnc1C1CC(N)C1. The monoisotopic (exact) mass is 351 g/mol. The maximum absolute atomic E-state index is 5.95. The third-order valence-electron chi connectivity index (χ3n) is 5.86. The van der Waals surface area contributed by atoms with Gasteiger partial charge in [-0.25, -0.2) is 4.98 Å². The van der Waals surface area contributed by atoms with Crippen LogP contribution in [0.25, 0.3) is 11.0 Å². The van der Waals surface area contributed by atoms with E-state index in [-0.39, 0.29) is 0 Å². The standard InChI is InChI=1S/C19H25N7/c1-24-17(22-23-18(24)13-10-14(20)11-13)12-26-16-7-3-2-6-15(16)21-19(26)25-8-4-5-9-25/h2-3,6-7,13-14H,4-5,8-12,20H2,1H3. The topological polar surface area (TPSA) is 77.8 Å². The zero-order valence-corrected chi connectivity index (χ0v) is 15.2. The van der Waals surface area contributed by atoms with Crippen LogP contribution in [0, 0.1) is 0 Å². The predicted molar refractivity (Wildman–Crippen MR) is 101 cm³/mol. The number of fused-ring (bicyclic) bond motifs is 1. The Kier molecular flexibility index (Phi) is 3.70. The van der Waals surface area contributed by atoms with Gasteiger partial charge in [-0.3, -0.25) is 0 Å². The summed E-state index contributed by atoms with van der Waals surface area (Å²) in [6, 6.07) is 8.67. The van der Waals surface area contributed by atoms with Crippen LogP contribution in [-0.2, 0) is 13.6 Å². The Morgan fingerprint density at radius 3 is 2.65 bits per heavy atom. The molecule has 2 aromatic heterocycles. The molecule has 136 valence electrons. The molecule has 1 aliphatic heterocycles. The van der Waals surface area contributed by atoms with Crippen molar-refractivity contribution in [2.75, 3.05) is 18.0 Å². The van der Waals surface area contributed by atoms with Crippen LogP contribution in [0.5, 0.6) is 0 Å². The van der Waals surface area contributed by atoms with E-state index in [2.05, 4.69) is 49.5 Å². The number of imidazole rings is 1. The third kappa shape index (κ3) is 2.49. The van der Waals surface area contributed by atoms with E-state index in [9.17, 15) is 0 Å². The Morgan fingerprint density at radius 2 is 1.88 bits per heavy atom. The van der Waals surface area contributed by atoms with Gasteiger partial charge in [0.15, 0.2) is 5.82 Å². The van der Waals surface area contributed by atoms with E-state index in [0.717, 1.165) is 54.6 Å². The average molecular weight is 351 g/mol. The van der Waals surface area contributed by atoms with Crippen molar-refractivity contribution in [2.24, 2.45) is 12.8 Å². The van der Waals surface area contributed by atoms with Crippen molar-refractivity contribution in [1.29, 1.82) is 0 Å². The van der Waals surface area contributed by atoms with Gasteiger partial charge in [-0.05, 0) is 37.8 Å². The number of rotatable bonds is 4. The normalized spacial score (nSPS) is 22.9. The van der Waals surface area contributed by atoms with Gasteiger partial charge >= 0.3 is 0 Å². The van der Waals surface area contributed by atoms with Gasteiger partial charge < -0.3 is 19.8 Å². The molecule has 0 atom stereocenters. The lowest BCUT2D eigenvalue weighted by Gasteiger charge is -2.31.